The SMILES string of the molecule is C=C/C(S)=C\C=C(/C)C(=O)O. The van der Waals surface area contributed by atoms with Crippen LogP contribution in [0.3, 0.4) is 0 Å². The molecule has 11 heavy (non-hydrogen) atoms. The molecule has 0 bridgehead atoms. The average Bonchev–Trinajstić information content (AvgIpc) is 1.99. The van der Waals surface area contributed by atoms with Gasteiger partial charge < -0.3 is 5.11 Å². The Morgan fingerprint density at radius 3 is 2.45 bits per heavy atom. The van der Waals surface area contributed by atoms with Crippen molar-refractivity contribution < 1.29 is 9.90 Å². The molecular weight excluding hydrogens is 160 g/mol. The van der Waals surface area contributed by atoms with E-state index < -0.39 is 5.97 Å². The predicted octanol–water partition coefficient (Wildman–Crippen LogP) is 2.02. The smallest absolute Gasteiger partial charge is 0.331 e. The Labute approximate surface area is 71.3 Å². The first-order valence-corrected chi connectivity index (χ1v) is 3.46. The van der Waals surface area contributed by atoms with Crippen molar-refractivity contribution in [3.63, 3.8) is 0 Å². The summed E-state index contributed by atoms with van der Waals surface area (Å²) < 4.78 is 0. The van der Waals surface area contributed by atoms with Crippen LogP contribution in [-0.2, 0) is 4.79 Å². The van der Waals surface area contributed by atoms with Crippen LogP contribution in [0.1, 0.15) is 6.92 Å². The minimum absolute atomic E-state index is 0.276. The number of thiol groups is 1. The summed E-state index contributed by atoms with van der Waals surface area (Å²) in [5.74, 6) is -0.925. The molecule has 0 rings (SSSR count). The molecule has 0 amide bonds. The lowest BCUT2D eigenvalue weighted by Crippen LogP contribution is -1.94. The van der Waals surface area contributed by atoms with E-state index >= 15 is 0 Å². The van der Waals surface area contributed by atoms with Gasteiger partial charge in [-0.25, -0.2) is 4.79 Å². The van der Waals surface area contributed by atoms with Gasteiger partial charge in [-0.3, -0.25) is 0 Å². The lowest BCUT2D eigenvalue weighted by atomic mass is 10.3. The van der Waals surface area contributed by atoms with Crippen LogP contribution in [-0.4, -0.2) is 11.1 Å². The maximum absolute atomic E-state index is 10.3. The number of allylic oxidation sites excluding steroid dienone is 3. The van der Waals surface area contributed by atoms with Gasteiger partial charge in [0.2, 0.25) is 0 Å². The Kier molecular flexibility index (Phi) is 4.38. The second-order valence-corrected chi connectivity index (χ2v) is 2.47. The maximum Gasteiger partial charge on any atom is 0.331 e. The topological polar surface area (TPSA) is 37.3 Å². The van der Waals surface area contributed by atoms with Gasteiger partial charge in [0.05, 0.1) is 0 Å². The number of carboxylic acids is 1. The Balaban J connectivity index is 4.34. The Morgan fingerprint density at radius 1 is 1.55 bits per heavy atom. The average molecular weight is 170 g/mol. The zero-order valence-electron chi connectivity index (χ0n) is 6.24. The highest BCUT2D eigenvalue weighted by Crippen LogP contribution is 2.02. The standard InChI is InChI=1S/C8H10O2S/c1-3-7(11)5-4-6(2)8(9)10/h3-5,11H,1H2,2H3,(H,9,10)/b6-4+,7-5+. The van der Waals surface area contributed by atoms with Crippen LogP contribution in [0.5, 0.6) is 0 Å². The lowest BCUT2D eigenvalue weighted by molar-refractivity contribution is -0.132. The number of hydrogen-bond donors (Lipinski definition) is 2. The second kappa shape index (κ2) is 4.79. The zero-order valence-corrected chi connectivity index (χ0v) is 7.14. The summed E-state index contributed by atoms with van der Waals surface area (Å²) in [6, 6.07) is 0. The fourth-order valence-electron chi connectivity index (χ4n) is 0.350. The normalized spacial score (nSPS) is 12.9. The summed E-state index contributed by atoms with van der Waals surface area (Å²) in [6.45, 7) is 4.98. The number of carbonyl (C=O) groups is 1. The van der Waals surface area contributed by atoms with Gasteiger partial charge in [0.25, 0.3) is 0 Å². The minimum atomic E-state index is -0.925. The van der Waals surface area contributed by atoms with E-state index in [9.17, 15) is 4.79 Å². The third-order valence-electron chi connectivity index (χ3n) is 1.05. The zero-order chi connectivity index (χ0) is 8.85. The van der Waals surface area contributed by atoms with E-state index in [0.717, 1.165) is 0 Å². The van der Waals surface area contributed by atoms with Crippen molar-refractivity contribution in [2.24, 2.45) is 0 Å². The molecule has 0 saturated carbocycles. The molecule has 0 spiro atoms. The van der Waals surface area contributed by atoms with Crippen molar-refractivity contribution in [2.75, 3.05) is 0 Å². The highest BCUT2D eigenvalue weighted by Gasteiger charge is 1.95. The molecule has 0 aliphatic rings. The van der Waals surface area contributed by atoms with Crippen LogP contribution < -0.4 is 0 Å². The molecule has 60 valence electrons. The molecule has 1 N–H and O–H groups in total. The van der Waals surface area contributed by atoms with Crippen LogP contribution in [0.15, 0.2) is 35.3 Å². The molecule has 3 heteroatoms. The highest BCUT2D eigenvalue weighted by atomic mass is 32.1. The largest absolute Gasteiger partial charge is 0.478 e. The van der Waals surface area contributed by atoms with Crippen LogP contribution in [0.2, 0.25) is 0 Å². The van der Waals surface area contributed by atoms with E-state index in [4.69, 9.17) is 5.11 Å². The van der Waals surface area contributed by atoms with Crippen LogP contribution in [0.4, 0.5) is 0 Å². The molecule has 0 aliphatic heterocycles. The fourth-order valence-corrected chi connectivity index (χ4v) is 0.424. The molecule has 0 fully saturated rings. The summed E-state index contributed by atoms with van der Waals surface area (Å²) >= 11 is 3.98. The van der Waals surface area contributed by atoms with E-state index in [1.54, 1.807) is 6.08 Å². The van der Waals surface area contributed by atoms with Crippen LogP contribution in [0.25, 0.3) is 0 Å². The van der Waals surface area contributed by atoms with Gasteiger partial charge in [0.15, 0.2) is 0 Å². The Hall–Kier alpha value is -0.960. The van der Waals surface area contributed by atoms with E-state index in [1.165, 1.54) is 19.1 Å². The Morgan fingerprint density at radius 2 is 2.09 bits per heavy atom. The second-order valence-electron chi connectivity index (χ2n) is 1.95. The number of carboxylic acid groups (broad SMARTS) is 1. The Bertz CT molecular complexity index is 226. The van der Waals surface area contributed by atoms with E-state index in [2.05, 4.69) is 19.2 Å². The summed E-state index contributed by atoms with van der Waals surface area (Å²) in [6.07, 6.45) is 4.60. The first kappa shape index (κ1) is 10.0. The van der Waals surface area contributed by atoms with Crippen molar-refractivity contribution in [1.82, 2.24) is 0 Å². The molecule has 0 saturated heterocycles. The van der Waals surface area contributed by atoms with Crippen molar-refractivity contribution in [3.05, 3.63) is 35.3 Å². The molecule has 0 aromatic heterocycles. The van der Waals surface area contributed by atoms with E-state index in [1.807, 2.05) is 0 Å². The summed E-state index contributed by atoms with van der Waals surface area (Å²) in [5, 5.41) is 8.42. The molecule has 0 unspecified atom stereocenters. The lowest BCUT2D eigenvalue weighted by Gasteiger charge is -1.88. The quantitative estimate of drug-likeness (QED) is 0.386. The minimum Gasteiger partial charge on any atom is -0.478 e. The first-order valence-electron chi connectivity index (χ1n) is 3.01. The number of aliphatic carboxylic acids is 1. The third-order valence-corrected chi connectivity index (χ3v) is 1.38. The van der Waals surface area contributed by atoms with Gasteiger partial charge in [-0.1, -0.05) is 18.7 Å². The molecular formula is C8H10O2S. The van der Waals surface area contributed by atoms with E-state index in [-0.39, 0.29) is 5.57 Å². The molecule has 0 atom stereocenters. The number of rotatable bonds is 3. The van der Waals surface area contributed by atoms with Gasteiger partial charge in [-0.05, 0) is 13.0 Å². The van der Waals surface area contributed by atoms with Gasteiger partial charge >= 0.3 is 5.97 Å². The molecule has 0 aliphatic carbocycles. The fraction of sp³-hybridized carbons (Fsp3) is 0.125. The number of hydrogen-bond acceptors (Lipinski definition) is 2. The predicted molar refractivity (Wildman–Crippen MR) is 48.7 cm³/mol. The highest BCUT2D eigenvalue weighted by molar-refractivity contribution is 7.84. The van der Waals surface area contributed by atoms with Gasteiger partial charge in [-0.15, -0.1) is 12.6 Å². The molecule has 0 heterocycles. The van der Waals surface area contributed by atoms with Crippen molar-refractivity contribution in [1.29, 1.82) is 0 Å². The monoisotopic (exact) mass is 170 g/mol. The molecule has 0 radical (unpaired) electrons. The molecule has 0 aromatic rings. The summed E-state index contributed by atoms with van der Waals surface area (Å²) in [4.78, 5) is 10.9. The van der Waals surface area contributed by atoms with Crippen molar-refractivity contribution in [3.8, 4) is 0 Å². The molecule has 0 aromatic carbocycles. The van der Waals surface area contributed by atoms with Crippen molar-refractivity contribution in [2.45, 2.75) is 6.92 Å². The van der Waals surface area contributed by atoms with Crippen molar-refractivity contribution >= 4 is 18.6 Å². The third kappa shape index (κ3) is 4.44. The van der Waals surface area contributed by atoms with Gasteiger partial charge in [-0.2, -0.15) is 0 Å². The van der Waals surface area contributed by atoms with Crippen LogP contribution in [0, 0.1) is 0 Å². The van der Waals surface area contributed by atoms with Gasteiger partial charge in [0, 0.05) is 10.5 Å². The van der Waals surface area contributed by atoms with E-state index in [0.29, 0.717) is 4.91 Å². The molecule has 2 nitrogen and oxygen atoms in total. The van der Waals surface area contributed by atoms with Crippen LogP contribution >= 0.6 is 12.6 Å². The first-order chi connectivity index (χ1) is 5.07. The summed E-state index contributed by atoms with van der Waals surface area (Å²) in [7, 11) is 0. The van der Waals surface area contributed by atoms with Gasteiger partial charge in [0.1, 0.15) is 0 Å². The maximum atomic E-state index is 10.3. The summed E-state index contributed by atoms with van der Waals surface area (Å²) in [5.41, 5.74) is 0.276.